The fourth-order valence-corrected chi connectivity index (χ4v) is 4.05. The van der Waals surface area contributed by atoms with Crippen LogP contribution in [0.25, 0.3) is 0 Å². The van der Waals surface area contributed by atoms with Gasteiger partial charge in [-0.05, 0) is 24.8 Å². The molecule has 1 aromatic rings. The molecule has 1 saturated heterocycles. The number of nitrogens with two attached hydrogens (primary N) is 1. The van der Waals surface area contributed by atoms with Crippen molar-refractivity contribution in [2.45, 2.75) is 52.7 Å². The number of ether oxygens (including phenoxy) is 3. The van der Waals surface area contributed by atoms with E-state index < -0.39 is 6.09 Å². The van der Waals surface area contributed by atoms with E-state index in [1.807, 2.05) is 0 Å². The van der Waals surface area contributed by atoms with Gasteiger partial charge in [-0.25, -0.2) is 4.79 Å². The summed E-state index contributed by atoms with van der Waals surface area (Å²) in [4.78, 5) is 38.1. The average molecular weight is 419 g/mol. The Morgan fingerprint density at radius 2 is 1.90 bits per heavy atom. The molecule has 0 saturated carbocycles. The highest BCUT2D eigenvalue weighted by Gasteiger charge is 2.38. The summed E-state index contributed by atoms with van der Waals surface area (Å²) >= 11 is 0. The monoisotopic (exact) mass is 419 g/mol. The number of primary amides is 1. The minimum Gasteiger partial charge on any atom is -0.454 e. The van der Waals surface area contributed by atoms with Gasteiger partial charge >= 0.3 is 6.09 Å². The third-order valence-corrected chi connectivity index (χ3v) is 5.46. The fourth-order valence-electron chi connectivity index (χ4n) is 4.05. The topological polar surface area (TPSA) is 120 Å². The quantitative estimate of drug-likeness (QED) is 0.704. The minimum atomic E-state index is -0.779. The molecular weight excluding hydrogens is 390 g/mol. The van der Waals surface area contributed by atoms with Crippen molar-refractivity contribution in [1.82, 2.24) is 4.90 Å². The van der Waals surface area contributed by atoms with E-state index in [2.05, 4.69) is 31.0 Å². The van der Waals surface area contributed by atoms with Gasteiger partial charge in [0.1, 0.15) is 6.10 Å². The molecule has 2 heterocycles. The molecule has 0 radical (unpaired) electrons. The Hall–Kier alpha value is -2.81. The second-order valence-corrected chi connectivity index (χ2v) is 8.79. The van der Waals surface area contributed by atoms with Crippen molar-refractivity contribution >= 4 is 23.5 Å². The molecule has 0 aromatic heterocycles. The number of fused-ring (bicyclic) bond motifs is 1. The van der Waals surface area contributed by atoms with E-state index in [4.69, 9.17) is 19.9 Å². The fraction of sp³-hybridized carbons (Fsp3) is 0.571. The first kappa shape index (κ1) is 21.9. The summed E-state index contributed by atoms with van der Waals surface area (Å²) in [7, 11) is 0. The second-order valence-electron chi connectivity index (χ2n) is 8.79. The van der Waals surface area contributed by atoms with E-state index >= 15 is 0 Å². The molecule has 30 heavy (non-hydrogen) atoms. The summed E-state index contributed by atoms with van der Waals surface area (Å²) in [6.07, 6.45) is 0.163. The van der Waals surface area contributed by atoms with E-state index in [0.29, 0.717) is 42.1 Å². The largest absolute Gasteiger partial charge is 0.454 e. The van der Waals surface area contributed by atoms with Gasteiger partial charge in [0.05, 0.1) is 12.2 Å². The summed E-state index contributed by atoms with van der Waals surface area (Å²) in [5.41, 5.74) is 5.80. The number of hydrogen-bond acceptors (Lipinski definition) is 7. The number of hydrogen-bond donors (Lipinski definition) is 2. The molecule has 2 unspecified atom stereocenters. The third-order valence-electron chi connectivity index (χ3n) is 5.46. The maximum absolute atomic E-state index is 12.8. The minimum absolute atomic E-state index is 0.0189. The Labute approximate surface area is 175 Å². The number of Topliss-reactive ketones (excluding diaryl/α,β-unsaturated/α-hetero) is 1. The molecule has 1 fully saturated rings. The summed E-state index contributed by atoms with van der Waals surface area (Å²) in [5.74, 6) is 0.565. The molecule has 1 aromatic carbocycles. The summed E-state index contributed by atoms with van der Waals surface area (Å²) in [6.45, 7) is 8.51. The number of nitrogens with zero attached hydrogens (tertiary/aromatic N) is 1. The number of rotatable bonds is 5. The molecule has 2 aliphatic rings. The van der Waals surface area contributed by atoms with Crippen LogP contribution in [-0.4, -0.2) is 54.7 Å². The van der Waals surface area contributed by atoms with Crippen LogP contribution in [0.4, 0.5) is 10.5 Å². The Balaban J connectivity index is 1.72. The average Bonchev–Trinajstić information content (AvgIpc) is 3.08. The van der Waals surface area contributed by atoms with Gasteiger partial charge in [0.2, 0.25) is 12.7 Å². The number of likely N-dealkylation sites (tertiary alicyclic amines) is 1. The summed E-state index contributed by atoms with van der Waals surface area (Å²) < 4.78 is 15.9. The Kier molecular flexibility index (Phi) is 6.21. The third kappa shape index (κ3) is 5.02. The first-order valence-corrected chi connectivity index (χ1v) is 9.99. The van der Waals surface area contributed by atoms with Gasteiger partial charge in [-0.1, -0.05) is 20.8 Å². The van der Waals surface area contributed by atoms with E-state index in [1.165, 1.54) is 6.92 Å². The maximum atomic E-state index is 12.8. The Morgan fingerprint density at radius 3 is 2.50 bits per heavy atom. The first-order valence-electron chi connectivity index (χ1n) is 9.99. The molecule has 0 aliphatic carbocycles. The summed E-state index contributed by atoms with van der Waals surface area (Å²) in [6, 6.07) is 3.22. The predicted molar refractivity (Wildman–Crippen MR) is 110 cm³/mol. The van der Waals surface area contributed by atoms with Crippen LogP contribution in [0.2, 0.25) is 0 Å². The zero-order valence-corrected chi connectivity index (χ0v) is 17.8. The van der Waals surface area contributed by atoms with Crippen LogP contribution in [0.15, 0.2) is 12.1 Å². The smallest absolute Gasteiger partial charge is 0.404 e. The first-order chi connectivity index (χ1) is 14.0. The normalized spacial score (nSPS) is 21.2. The Bertz CT molecular complexity index is 848. The molecule has 9 heteroatoms. The van der Waals surface area contributed by atoms with Crippen LogP contribution in [0.1, 0.15) is 50.9 Å². The lowest BCUT2D eigenvalue weighted by Gasteiger charge is -2.45. The van der Waals surface area contributed by atoms with Crippen molar-refractivity contribution in [2.24, 2.45) is 11.1 Å². The van der Waals surface area contributed by atoms with Crippen LogP contribution < -0.4 is 20.5 Å². The molecule has 3 rings (SSSR count). The SMILES string of the molecule is CC(=O)c1cc2c(cc1NC(=O)CN1CCC(OC(N)=O)CC1C(C)(C)C)OCO2. The highest BCUT2D eigenvalue weighted by Crippen LogP contribution is 2.37. The molecular formula is C21H29N3O6. The molecule has 0 spiro atoms. The number of carbonyl (C=O) groups excluding carboxylic acids is 3. The van der Waals surface area contributed by atoms with Crippen LogP contribution in [0.5, 0.6) is 11.5 Å². The number of benzene rings is 1. The lowest BCUT2D eigenvalue weighted by Crippen LogP contribution is -2.53. The number of amides is 2. The van der Waals surface area contributed by atoms with Gasteiger partial charge in [0, 0.05) is 30.6 Å². The number of ketones is 1. The van der Waals surface area contributed by atoms with Crippen molar-refractivity contribution in [1.29, 1.82) is 0 Å². The highest BCUT2D eigenvalue weighted by molar-refractivity contribution is 6.05. The molecule has 3 N–H and O–H groups in total. The van der Waals surface area contributed by atoms with Gasteiger partial charge in [-0.2, -0.15) is 0 Å². The molecule has 0 bridgehead atoms. The molecule has 164 valence electrons. The van der Waals surface area contributed by atoms with Crippen molar-refractivity contribution in [2.75, 3.05) is 25.2 Å². The lowest BCUT2D eigenvalue weighted by atomic mass is 9.79. The predicted octanol–water partition coefficient (Wildman–Crippen LogP) is 2.53. The van der Waals surface area contributed by atoms with Gasteiger partial charge in [-0.3, -0.25) is 14.5 Å². The van der Waals surface area contributed by atoms with Crippen LogP contribution >= 0.6 is 0 Å². The maximum Gasteiger partial charge on any atom is 0.404 e. The van der Waals surface area contributed by atoms with Crippen molar-refractivity contribution in [3.05, 3.63) is 17.7 Å². The second kappa shape index (κ2) is 8.51. The molecule has 2 atom stereocenters. The summed E-state index contributed by atoms with van der Waals surface area (Å²) in [5, 5.41) is 2.84. The van der Waals surface area contributed by atoms with Gasteiger partial charge in [0.25, 0.3) is 0 Å². The van der Waals surface area contributed by atoms with Gasteiger partial charge in [0.15, 0.2) is 17.3 Å². The number of carbonyl (C=O) groups is 3. The van der Waals surface area contributed by atoms with E-state index in [0.717, 1.165) is 0 Å². The molecule has 2 amide bonds. The van der Waals surface area contributed by atoms with E-state index in [1.54, 1.807) is 12.1 Å². The van der Waals surface area contributed by atoms with Crippen LogP contribution in [0, 0.1) is 5.41 Å². The van der Waals surface area contributed by atoms with E-state index in [-0.39, 0.29) is 42.6 Å². The lowest BCUT2D eigenvalue weighted by molar-refractivity contribution is -0.119. The molecule has 9 nitrogen and oxygen atoms in total. The van der Waals surface area contributed by atoms with Crippen molar-refractivity contribution < 1.29 is 28.6 Å². The number of anilines is 1. The zero-order valence-electron chi connectivity index (χ0n) is 17.8. The van der Waals surface area contributed by atoms with Crippen molar-refractivity contribution in [3.8, 4) is 11.5 Å². The van der Waals surface area contributed by atoms with Gasteiger partial charge in [-0.15, -0.1) is 0 Å². The van der Waals surface area contributed by atoms with E-state index in [9.17, 15) is 14.4 Å². The Morgan fingerprint density at radius 1 is 1.23 bits per heavy atom. The highest BCUT2D eigenvalue weighted by atomic mass is 16.7. The number of piperidine rings is 1. The van der Waals surface area contributed by atoms with Crippen molar-refractivity contribution in [3.63, 3.8) is 0 Å². The van der Waals surface area contributed by atoms with Crippen LogP contribution in [-0.2, 0) is 9.53 Å². The number of nitrogens with one attached hydrogen (secondary N) is 1. The zero-order chi connectivity index (χ0) is 22.1. The standard InChI is InChI=1S/C21H29N3O6/c1-12(25)14-8-16-17(29-11-28-16)9-15(14)23-19(26)10-24-6-5-13(30-20(22)27)7-18(24)21(2,3)4/h8-9,13,18H,5-7,10-11H2,1-4H3,(H2,22,27)(H,23,26). The molecule has 2 aliphatic heterocycles. The van der Waals surface area contributed by atoms with Gasteiger partial charge < -0.3 is 25.3 Å². The van der Waals surface area contributed by atoms with Crippen LogP contribution in [0.3, 0.4) is 0 Å².